The molecule has 0 aliphatic carbocycles. The number of rotatable bonds is 2. The van der Waals surface area contributed by atoms with E-state index in [0.717, 1.165) is 24.5 Å². The third kappa shape index (κ3) is 6.69. The first-order valence-corrected chi connectivity index (χ1v) is 8.45. The minimum absolute atomic E-state index is 0.699. The van der Waals surface area contributed by atoms with Crippen LogP contribution in [0.4, 0.5) is 0 Å². The molecule has 2 rings (SSSR count). The molecule has 1 aliphatic rings. The topological polar surface area (TPSA) is 53.4 Å². The Morgan fingerprint density at radius 1 is 1.29 bits per heavy atom. The van der Waals surface area contributed by atoms with Gasteiger partial charge in [-0.1, -0.05) is 12.8 Å². The summed E-state index contributed by atoms with van der Waals surface area (Å²) in [6.45, 7) is 3.93. The van der Waals surface area contributed by atoms with Crippen molar-refractivity contribution in [3.63, 3.8) is 0 Å². The molecular weight excluding hydrogens is 357 g/mol. The molecule has 8 heteroatoms. The van der Waals surface area contributed by atoms with E-state index >= 15 is 0 Å². The Morgan fingerprint density at radius 2 is 1.95 bits per heavy atom. The van der Waals surface area contributed by atoms with Crippen LogP contribution < -0.4 is 5.43 Å². The molecular formula is C13H19ClCuN5S+. The molecule has 1 aliphatic heterocycles. The minimum atomic E-state index is 0.699. The van der Waals surface area contributed by atoms with Gasteiger partial charge in [-0.15, -0.1) is 0 Å². The monoisotopic (exact) mass is 375 g/mol. The second kappa shape index (κ2) is 10.9. The molecule has 0 aromatic carbocycles. The summed E-state index contributed by atoms with van der Waals surface area (Å²) in [5.74, 6) is 0. The molecule has 0 atom stereocenters. The normalized spacial score (nSPS) is 15.6. The fraction of sp³-hybridized carbons (Fsp3) is 0.538. The molecule has 0 radical (unpaired) electrons. The van der Waals surface area contributed by atoms with E-state index < -0.39 is 0 Å². The third-order valence-corrected chi connectivity index (χ3v) is 3.50. The van der Waals surface area contributed by atoms with Crippen LogP contribution in [-0.2, 0) is 15.1 Å². The van der Waals surface area contributed by atoms with Gasteiger partial charge in [-0.2, -0.15) is 5.10 Å². The number of thiocarbonyl (C=S) groups is 1. The fourth-order valence-corrected chi connectivity index (χ4v) is 2.25. The molecule has 0 unspecified atom stereocenters. The second-order valence-corrected chi connectivity index (χ2v) is 4.99. The van der Waals surface area contributed by atoms with Gasteiger partial charge in [0.2, 0.25) is 0 Å². The van der Waals surface area contributed by atoms with Gasteiger partial charge < -0.3 is 4.90 Å². The molecule has 1 fully saturated rings. The van der Waals surface area contributed by atoms with Gasteiger partial charge in [0.25, 0.3) is 0 Å². The van der Waals surface area contributed by atoms with Crippen LogP contribution in [0.5, 0.6) is 0 Å². The van der Waals surface area contributed by atoms with E-state index in [9.17, 15) is 0 Å². The van der Waals surface area contributed by atoms with Crippen LogP contribution >= 0.6 is 22.3 Å². The molecule has 5 nitrogen and oxygen atoms in total. The quantitative estimate of drug-likeness (QED) is 0.372. The number of halogens is 1. The van der Waals surface area contributed by atoms with E-state index in [1.165, 1.54) is 25.7 Å². The van der Waals surface area contributed by atoms with Crippen LogP contribution in [0.2, 0.25) is 0 Å². The number of hydrogen-bond acceptors (Lipinski definition) is 4. The van der Waals surface area contributed by atoms with E-state index in [4.69, 9.17) is 12.2 Å². The predicted molar refractivity (Wildman–Crippen MR) is 85.9 cm³/mol. The Balaban J connectivity index is 0.00000106. The van der Waals surface area contributed by atoms with E-state index in [-0.39, 0.29) is 0 Å². The van der Waals surface area contributed by atoms with Crippen molar-refractivity contribution in [3.8, 4) is 0 Å². The molecule has 21 heavy (non-hydrogen) atoms. The summed E-state index contributed by atoms with van der Waals surface area (Å²) in [7, 11) is 4.20. The Labute approximate surface area is 143 Å². The first-order valence-electron chi connectivity index (χ1n) is 6.74. The van der Waals surface area contributed by atoms with E-state index in [0.29, 0.717) is 5.11 Å². The standard InChI is InChI=1S/C13H19N5S.ClH.Cu/c1-11(12-10-14-6-7-15-12)16-17-13(19)18-8-4-2-3-5-9-18;;/h6-7,10H,2-5,8-9H2,1H3,(H,17,19);1H;/q;;+2/p-1. The molecule has 0 spiro atoms. The zero-order valence-electron chi connectivity index (χ0n) is 11.9. The molecule has 0 amide bonds. The maximum absolute atomic E-state index is 5.37. The number of aromatic nitrogens is 2. The van der Waals surface area contributed by atoms with Gasteiger partial charge in [-0.25, -0.2) is 0 Å². The Kier molecular flexibility index (Phi) is 9.50. The van der Waals surface area contributed by atoms with Crippen LogP contribution in [0.25, 0.3) is 0 Å². The first-order chi connectivity index (χ1) is 10.3. The van der Waals surface area contributed by atoms with E-state index in [1.54, 1.807) is 18.6 Å². The van der Waals surface area contributed by atoms with Gasteiger partial charge in [-0.05, 0) is 32.0 Å². The summed E-state index contributed by atoms with van der Waals surface area (Å²) >= 11 is 9.03. The van der Waals surface area contributed by atoms with Gasteiger partial charge in [0.1, 0.15) is 5.69 Å². The maximum atomic E-state index is 5.37. The third-order valence-electron chi connectivity index (χ3n) is 3.15. The first kappa shape index (κ1) is 18.3. The average Bonchev–Trinajstić information content (AvgIpc) is 2.84. The fourth-order valence-electron chi connectivity index (χ4n) is 2.02. The summed E-state index contributed by atoms with van der Waals surface area (Å²) < 4.78 is 0. The van der Waals surface area contributed by atoms with Crippen molar-refractivity contribution in [1.29, 1.82) is 0 Å². The summed E-state index contributed by atoms with van der Waals surface area (Å²) in [5, 5.41) is 4.98. The molecule has 1 aromatic rings. The second-order valence-electron chi connectivity index (χ2n) is 4.61. The molecule has 0 saturated carbocycles. The zero-order valence-corrected chi connectivity index (χ0v) is 14.4. The molecule has 1 saturated heterocycles. The number of hydrazone groups is 1. The SMILES string of the molecule is CC(=NNC(=S)N1CCCCCC1)c1cnccn1.[Cl][Cu+]. The van der Waals surface area contributed by atoms with Crippen molar-refractivity contribution in [2.75, 3.05) is 13.1 Å². The number of nitrogens with one attached hydrogen (secondary N) is 1. The zero-order chi connectivity index (χ0) is 15.5. The molecule has 0 bridgehead atoms. The van der Waals surface area contributed by atoms with Crippen molar-refractivity contribution in [2.45, 2.75) is 32.6 Å². The van der Waals surface area contributed by atoms with Crippen molar-refractivity contribution in [2.24, 2.45) is 5.10 Å². The number of likely N-dealkylation sites (tertiary alicyclic amines) is 1. The summed E-state index contributed by atoms with van der Waals surface area (Å²) in [5.41, 5.74) is 4.50. The van der Waals surface area contributed by atoms with Gasteiger partial charge in [0.15, 0.2) is 5.11 Å². The average molecular weight is 376 g/mol. The van der Waals surface area contributed by atoms with Gasteiger partial charge >= 0.3 is 25.2 Å². The van der Waals surface area contributed by atoms with E-state index in [1.807, 2.05) is 6.92 Å². The molecule has 119 valence electrons. The summed E-state index contributed by atoms with van der Waals surface area (Å²) in [6, 6.07) is 0. The predicted octanol–water partition coefficient (Wildman–Crippen LogP) is 2.64. The Bertz CT molecular complexity index is 449. The molecule has 1 N–H and O–H groups in total. The van der Waals surface area contributed by atoms with Crippen LogP contribution in [-0.4, -0.2) is 38.8 Å². The van der Waals surface area contributed by atoms with Crippen LogP contribution in [0.3, 0.4) is 0 Å². The van der Waals surface area contributed by atoms with Crippen molar-refractivity contribution in [3.05, 3.63) is 24.3 Å². The van der Waals surface area contributed by atoms with Crippen LogP contribution in [0.15, 0.2) is 23.7 Å². The van der Waals surface area contributed by atoms with Gasteiger partial charge in [0.05, 0.1) is 11.9 Å². The van der Waals surface area contributed by atoms with Gasteiger partial charge in [0, 0.05) is 25.5 Å². The Hall–Kier alpha value is -0.751. The number of hydrogen-bond donors (Lipinski definition) is 1. The Morgan fingerprint density at radius 3 is 2.52 bits per heavy atom. The number of nitrogens with zero attached hydrogens (tertiary/aromatic N) is 4. The summed E-state index contributed by atoms with van der Waals surface area (Å²) in [4.78, 5) is 10.4. The molecule has 2 heterocycles. The summed E-state index contributed by atoms with van der Waals surface area (Å²) in [6.07, 6.45) is 9.98. The van der Waals surface area contributed by atoms with Crippen molar-refractivity contribution >= 4 is 33.1 Å². The van der Waals surface area contributed by atoms with Gasteiger partial charge in [-0.3, -0.25) is 15.4 Å². The van der Waals surface area contributed by atoms with Crippen LogP contribution in [0, 0.1) is 0 Å². The van der Waals surface area contributed by atoms with Crippen LogP contribution in [0.1, 0.15) is 38.3 Å². The van der Waals surface area contributed by atoms with E-state index in [2.05, 4.69) is 50.6 Å². The van der Waals surface area contributed by atoms with Crippen molar-refractivity contribution < 1.29 is 15.1 Å². The molecule has 1 aromatic heterocycles. The van der Waals surface area contributed by atoms with Crippen molar-refractivity contribution in [1.82, 2.24) is 20.3 Å².